The highest BCUT2D eigenvalue weighted by atomic mass is 15.3. The van der Waals surface area contributed by atoms with Crippen molar-refractivity contribution in [1.29, 1.82) is 0 Å². The third kappa shape index (κ3) is 2.43. The van der Waals surface area contributed by atoms with E-state index >= 15 is 0 Å². The van der Waals surface area contributed by atoms with Crippen molar-refractivity contribution in [2.45, 2.75) is 38.3 Å². The van der Waals surface area contributed by atoms with Gasteiger partial charge in [0.15, 0.2) is 0 Å². The van der Waals surface area contributed by atoms with E-state index in [2.05, 4.69) is 27.8 Å². The fourth-order valence-electron chi connectivity index (χ4n) is 3.37. The topological polar surface area (TPSA) is 19.4 Å². The van der Waals surface area contributed by atoms with E-state index in [1.54, 1.807) is 0 Å². The number of hydrogen-bond donors (Lipinski definition) is 0. The van der Waals surface area contributed by atoms with Gasteiger partial charge in [-0.15, -0.1) is 0 Å². The average Bonchev–Trinajstić information content (AvgIpc) is 2.47. The van der Waals surface area contributed by atoms with Crippen molar-refractivity contribution >= 4 is 0 Å². The van der Waals surface area contributed by atoms with Gasteiger partial charge in [-0.25, -0.2) is 0 Å². The lowest BCUT2D eigenvalue weighted by atomic mass is 9.98. The smallest absolute Gasteiger partial charge is 0.0336 e. The summed E-state index contributed by atoms with van der Waals surface area (Å²) >= 11 is 0. The van der Waals surface area contributed by atoms with Crippen molar-refractivity contribution in [3.63, 3.8) is 0 Å². The molecule has 0 unspecified atom stereocenters. The summed E-state index contributed by atoms with van der Waals surface area (Å²) in [4.78, 5) is 9.56. The van der Waals surface area contributed by atoms with Crippen LogP contribution >= 0.6 is 0 Å². The van der Waals surface area contributed by atoms with Crippen LogP contribution in [0.1, 0.15) is 37.8 Å². The van der Waals surface area contributed by atoms with Gasteiger partial charge in [-0.1, -0.05) is 12.5 Å². The minimum Gasteiger partial charge on any atom is -0.298 e. The lowest BCUT2D eigenvalue weighted by molar-refractivity contribution is 0.0307. The van der Waals surface area contributed by atoms with E-state index in [-0.39, 0.29) is 0 Å². The molecule has 0 amide bonds. The van der Waals surface area contributed by atoms with Crippen LogP contribution in [0.25, 0.3) is 0 Å². The third-order valence-corrected chi connectivity index (χ3v) is 4.58. The fourth-order valence-corrected chi connectivity index (χ4v) is 3.37. The van der Waals surface area contributed by atoms with Crippen LogP contribution in [0.15, 0.2) is 24.5 Å². The van der Waals surface area contributed by atoms with Gasteiger partial charge in [0.05, 0.1) is 0 Å². The second-order valence-corrected chi connectivity index (χ2v) is 5.64. The monoisotopic (exact) mass is 245 g/mol. The van der Waals surface area contributed by atoms with Crippen molar-refractivity contribution in [3.8, 4) is 0 Å². The molecule has 0 saturated carbocycles. The van der Waals surface area contributed by atoms with Crippen LogP contribution in [0.3, 0.4) is 0 Å². The molecule has 0 spiro atoms. The van der Waals surface area contributed by atoms with E-state index in [1.165, 1.54) is 51.0 Å². The van der Waals surface area contributed by atoms with E-state index in [0.717, 1.165) is 6.04 Å². The standard InChI is InChI=1S/C15H23N3/c1-13(14-5-4-7-16-11-14)18-10-9-17-8-3-2-6-15(17)12-18/h4-5,7,11,13,15H,2-3,6,8-10,12H2,1H3/t13-,15-/m1/s1. The number of fused-ring (bicyclic) bond motifs is 1. The highest BCUT2D eigenvalue weighted by molar-refractivity contribution is 5.13. The summed E-state index contributed by atoms with van der Waals surface area (Å²) in [7, 11) is 0. The highest BCUT2D eigenvalue weighted by Crippen LogP contribution is 2.26. The summed E-state index contributed by atoms with van der Waals surface area (Å²) in [6.07, 6.45) is 8.06. The van der Waals surface area contributed by atoms with Gasteiger partial charge < -0.3 is 0 Å². The molecule has 0 radical (unpaired) electrons. The summed E-state index contributed by atoms with van der Waals surface area (Å²) in [6.45, 7) is 7.31. The second-order valence-electron chi connectivity index (χ2n) is 5.64. The zero-order chi connectivity index (χ0) is 12.4. The first-order valence-electron chi connectivity index (χ1n) is 7.22. The van der Waals surface area contributed by atoms with Crippen molar-refractivity contribution in [2.24, 2.45) is 0 Å². The largest absolute Gasteiger partial charge is 0.298 e. The van der Waals surface area contributed by atoms with Crippen LogP contribution < -0.4 is 0 Å². The number of aromatic nitrogens is 1. The first-order chi connectivity index (χ1) is 8.84. The van der Waals surface area contributed by atoms with Gasteiger partial charge in [-0.3, -0.25) is 14.8 Å². The molecule has 1 aromatic heterocycles. The van der Waals surface area contributed by atoms with Crippen molar-refractivity contribution in [2.75, 3.05) is 26.2 Å². The number of hydrogen-bond acceptors (Lipinski definition) is 3. The number of nitrogens with zero attached hydrogens (tertiary/aromatic N) is 3. The van der Waals surface area contributed by atoms with Crippen LogP contribution in [0, 0.1) is 0 Å². The average molecular weight is 245 g/mol. The van der Waals surface area contributed by atoms with Crippen LogP contribution in [0.4, 0.5) is 0 Å². The lowest BCUT2D eigenvalue weighted by Gasteiger charge is -2.46. The third-order valence-electron chi connectivity index (χ3n) is 4.58. The summed E-state index contributed by atoms with van der Waals surface area (Å²) in [5.41, 5.74) is 1.35. The fraction of sp³-hybridized carbons (Fsp3) is 0.667. The highest BCUT2D eigenvalue weighted by Gasteiger charge is 2.31. The predicted octanol–water partition coefficient (Wildman–Crippen LogP) is 2.31. The normalized spacial score (nSPS) is 27.7. The molecular weight excluding hydrogens is 222 g/mol. The Morgan fingerprint density at radius 1 is 1.28 bits per heavy atom. The van der Waals surface area contributed by atoms with Crippen LogP contribution in [0.2, 0.25) is 0 Å². The molecule has 2 aliphatic heterocycles. The number of piperazine rings is 1. The van der Waals surface area contributed by atoms with Gasteiger partial charge >= 0.3 is 0 Å². The maximum Gasteiger partial charge on any atom is 0.0336 e. The maximum absolute atomic E-state index is 4.24. The predicted molar refractivity (Wildman–Crippen MR) is 73.4 cm³/mol. The van der Waals surface area contributed by atoms with Crippen LogP contribution in [-0.4, -0.2) is 47.0 Å². The van der Waals surface area contributed by atoms with Crippen molar-refractivity contribution < 1.29 is 0 Å². The van der Waals surface area contributed by atoms with Crippen molar-refractivity contribution in [3.05, 3.63) is 30.1 Å². The Balaban J connectivity index is 1.67. The lowest BCUT2D eigenvalue weighted by Crippen LogP contribution is -2.55. The molecule has 3 heterocycles. The van der Waals surface area contributed by atoms with E-state index in [1.807, 2.05) is 18.5 Å². The van der Waals surface area contributed by atoms with Crippen LogP contribution in [0.5, 0.6) is 0 Å². The Kier molecular flexibility index (Phi) is 3.62. The molecule has 2 saturated heterocycles. The summed E-state index contributed by atoms with van der Waals surface area (Å²) < 4.78 is 0. The van der Waals surface area contributed by atoms with Gasteiger partial charge in [0.25, 0.3) is 0 Å². The Morgan fingerprint density at radius 3 is 3.06 bits per heavy atom. The first-order valence-corrected chi connectivity index (χ1v) is 7.22. The molecule has 3 nitrogen and oxygen atoms in total. The molecular formula is C15H23N3. The Morgan fingerprint density at radius 2 is 2.22 bits per heavy atom. The summed E-state index contributed by atoms with van der Waals surface area (Å²) in [6, 6.07) is 5.54. The molecule has 0 aromatic carbocycles. The van der Waals surface area contributed by atoms with Gasteiger partial charge in [-0.2, -0.15) is 0 Å². The number of pyridine rings is 1. The Bertz CT molecular complexity index is 379. The van der Waals surface area contributed by atoms with E-state index in [9.17, 15) is 0 Å². The van der Waals surface area contributed by atoms with E-state index < -0.39 is 0 Å². The zero-order valence-electron chi connectivity index (χ0n) is 11.3. The molecule has 98 valence electrons. The first kappa shape index (κ1) is 12.1. The van der Waals surface area contributed by atoms with Gasteiger partial charge in [0.2, 0.25) is 0 Å². The number of rotatable bonds is 2. The van der Waals surface area contributed by atoms with Gasteiger partial charge in [-0.05, 0) is 37.9 Å². The van der Waals surface area contributed by atoms with Gasteiger partial charge in [0.1, 0.15) is 0 Å². The Labute approximate surface area is 110 Å². The Hall–Kier alpha value is -0.930. The van der Waals surface area contributed by atoms with Crippen molar-refractivity contribution in [1.82, 2.24) is 14.8 Å². The SMILES string of the molecule is C[C@H](c1cccnc1)N1CCN2CCCC[C@@H]2C1. The summed E-state index contributed by atoms with van der Waals surface area (Å²) in [5, 5.41) is 0. The molecule has 0 bridgehead atoms. The molecule has 2 aliphatic rings. The quantitative estimate of drug-likeness (QED) is 0.797. The molecule has 18 heavy (non-hydrogen) atoms. The minimum absolute atomic E-state index is 0.503. The maximum atomic E-state index is 4.24. The van der Waals surface area contributed by atoms with E-state index in [4.69, 9.17) is 0 Å². The molecule has 2 fully saturated rings. The summed E-state index contributed by atoms with van der Waals surface area (Å²) in [5.74, 6) is 0. The zero-order valence-corrected chi connectivity index (χ0v) is 11.3. The molecule has 0 N–H and O–H groups in total. The minimum atomic E-state index is 0.503. The second kappa shape index (κ2) is 5.37. The molecule has 1 aromatic rings. The molecule has 2 atom stereocenters. The molecule has 0 aliphatic carbocycles. The van der Waals surface area contributed by atoms with E-state index in [0.29, 0.717) is 6.04 Å². The van der Waals surface area contributed by atoms with Gasteiger partial charge in [0, 0.05) is 44.1 Å². The molecule has 3 rings (SSSR count). The molecule has 3 heteroatoms. The number of piperidine rings is 1. The van der Waals surface area contributed by atoms with Crippen LogP contribution in [-0.2, 0) is 0 Å².